The molecule has 0 spiro atoms. The Bertz CT molecular complexity index is 856. The molecule has 0 radical (unpaired) electrons. The number of halogens is 1. The molecule has 1 aliphatic heterocycles. The molecule has 1 aliphatic rings. The molecule has 6 heteroatoms. The fraction of sp³-hybridized carbons (Fsp3) is 0.211. The summed E-state index contributed by atoms with van der Waals surface area (Å²) in [5, 5.41) is 11.9. The number of carbonyl (C=O) groups excluding carboxylic acids is 2. The Morgan fingerprint density at radius 3 is 2.60 bits per heavy atom. The molecular formula is C19H16ClN3O2. The minimum absolute atomic E-state index is 0.180. The fourth-order valence-electron chi connectivity index (χ4n) is 2.74. The van der Waals surface area contributed by atoms with Gasteiger partial charge >= 0.3 is 0 Å². The van der Waals surface area contributed by atoms with Crippen LogP contribution in [0.4, 0.5) is 5.69 Å². The zero-order valence-electron chi connectivity index (χ0n) is 13.5. The maximum atomic E-state index is 12.3. The largest absolute Gasteiger partial charge is 0.338 e. The third kappa shape index (κ3) is 3.98. The lowest BCUT2D eigenvalue weighted by molar-refractivity contribution is -0.128. The quantitative estimate of drug-likeness (QED) is 0.912. The molecule has 2 aromatic rings. The van der Waals surface area contributed by atoms with Crippen molar-refractivity contribution in [2.75, 3.05) is 11.9 Å². The maximum Gasteiger partial charge on any atom is 0.255 e. The highest BCUT2D eigenvalue weighted by Gasteiger charge is 2.20. The van der Waals surface area contributed by atoms with Gasteiger partial charge in [-0.25, -0.2) is 0 Å². The summed E-state index contributed by atoms with van der Waals surface area (Å²) in [4.78, 5) is 25.8. The van der Waals surface area contributed by atoms with E-state index in [9.17, 15) is 9.59 Å². The highest BCUT2D eigenvalue weighted by molar-refractivity contribution is 6.32. The highest BCUT2D eigenvalue weighted by atomic mass is 35.5. The van der Waals surface area contributed by atoms with Crippen LogP contribution >= 0.6 is 11.6 Å². The molecule has 0 aromatic heterocycles. The van der Waals surface area contributed by atoms with Crippen LogP contribution in [0.2, 0.25) is 5.02 Å². The third-order valence-corrected chi connectivity index (χ3v) is 4.42. The molecule has 0 saturated carbocycles. The molecule has 0 unspecified atom stereocenters. The Balaban J connectivity index is 1.65. The molecule has 1 fully saturated rings. The van der Waals surface area contributed by atoms with Crippen LogP contribution in [-0.2, 0) is 11.3 Å². The van der Waals surface area contributed by atoms with Gasteiger partial charge in [0.25, 0.3) is 5.91 Å². The molecule has 1 saturated heterocycles. The second kappa shape index (κ2) is 7.37. The fourth-order valence-corrected chi connectivity index (χ4v) is 2.96. The van der Waals surface area contributed by atoms with Crippen LogP contribution in [0.3, 0.4) is 0 Å². The Kier molecular flexibility index (Phi) is 5.01. The molecule has 25 heavy (non-hydrogen) atoms. The van der Waals surface area contributed by atoms with Crippen molar-refractivity contribution in [3.8, 4) is 6.07 Å². The van der Waals surface area contributed by atoms with Crippen molar-refractivity contribution < 1.29 is 9.59 Å². The molecule has 2 aromatic carbocycles. The standard InChI is InChI=1S/C19H16ClN3O2/c20-17-10-16(8-7-15(17)11-21)22-19(25)14-5-3-13(4-6-14)12-23-9-1-2-18(23)24/h3-8,10H,1-2,9,12H2,(H,22,25). The van der Waals surface area contributed by atoms with E-state index in [1.165, 1.54) is 0 Å². The Labute approximate surface area is 150 Å². The van der Waals surface area contributed by atoms with Gasteiger partial charge in [-0.3, -0.25) is 9.59 Å². The van der Waals surface area contributed by atoms with Gasteiger partial charge in [-0.05, 0) is 42.3 Å². The van der Waals surface area contributed by atoms with Gasteiger partial charge in [-0.2, -0.15) is 5.26 Å². The molecular weight excluding hydrogens is 338 g/mol. The molecule has 2 amide bonds. The zero-order chi connectivity index (χ0) is 17.8. The van der Waals surface area contributed by atoms with E-state index in [1.54, 1.807) is 30.3 Å². The van der Waals surface area contributed by atoms with Gasteiger partial charge in [0.15, 0.2) is 0 Å². The van der Waals surface area contributed by atoms with Crippen molar-refractivity contribution in [3.05, 3.63) is 64.2 Å². The Morgan fingerprint density at radius 2 is 2.00 bits per heavy atom. The molecule has 5 nitrogen and oxygen atoms in total. The summed E-state index contributed by atoms with van der Waals surface area (Å²) in [5.41, 5.74) is 2.39. The van der Waals surface area contributed by atoms with Gasteiger partial charge < -0.3 is 10.2 Å². The van der Waals surface area contributed by atoms with Crippen molar-refractivity contribution in [1.29, 1.82) is 5.26 Å². The van der Waals surface area contributed by atoms with E-state index in [-0.39, 0.29) is 11.8 Å². The van der Waals surface area contributed by atoms with Crippen molar-refractivity contribution in [3.63, 3.8) is 0 Å². The minimum Gasteiger partial charge on any atom is -0.338 e. The summed E-state index contributed by atoms with van der Waals surface area (Å²) in [7, 11) is 0. The Morgan fingerprint density at radius 1 is 1.24 bits per heavy atom. The normalized spacial score (nSPS) is 13.6. The summed E-state index contributed by atoms with van der Waals surface area (Å²) in [6, 6.07) is 13.9. The number of likely N-dealkylation sites (tertiary alicyclic amines) is 1. The SMILES string of the molecule is N#Cc1ccc(NC(=O)c2ccc(CN3CCCC3=O)cc2)cc1Cl. The van der Waals surface area contributed by atoms with Gasteiger partial charge in [0.1, 0.15) is 6.07 Å². The van der Waals surface area contributed by atoms with E-state index in [0.29, 0.717) is 34.8 Å². The van der Waals surface area contributed by atoms with Crippen LogP contribution in [0.1, 0.15) is 34.3 Å². The number of carbonyl (C=O) groups is 2. The molecule has 1 N–H and O–H groups in total. The van der Waals surface area contributed by atoms with Gasteiger partial charge in [0.05, 0.1) is 10.6 Å². The number of nitrogens with zero attached hydrogens (tertiary/aromatic N) is 2. The van der Waals surface area contributed by atoms with Crippen LogP contribution in [0.25, 0.3) is 0 Å². The lowest BCUT2D eigenvalue weighted by Gasteiger charge is -2.15. The number of benzene rings is 2. The van der Waals surface area contributed by atoms with Crippen molar-refractivity contribution in [1.82, 2.24) is 4.90 Å². The number of anilines is 1. The van der Waals surface area contributed by atoms with Crippen LogP contribution in [0.15, 0.2) is 42.5 Å². The van der Waals surface area contributed by atoms with Gasteiger partial charge in [0.2, 0.25) is 5.91 Å². The van der Waals surface area contributed by atoms with E-state index in [4.69, 9.17) is 16.9 Å². The number of hydrogen-bond acceptors (Lipinski definition) is 3. The Hall–Kier alpha value is -2.84. The number of amides is 2. The topological polar surface area (TPSA) is 73.2 Å². The molecule has 3 rings (SSSR count). The third-order valence-electron chi connectivity index (χ3n) is 4.11. The predicted octanol–water partition coefficient (Wildman–Crippen LogP) is 3.59. The van der Waals surface area contributed by atoms with Crippen LogP contribution in [-0.4, -0.2) is 23.3 Å². The number of hydrogen-bond donors (Lipinski definition) is 1. The van der Waals surface area contributed by atoms with E-state index in [2.05, 4.69) is 5.32 Å². The summed E-state index contributed by atoms with van der Waals surface area (Å²) < 4.78 is 0. The minimum atomic E-state index is -0.260. The predicted molar refractivity (Wildman–Crippen MR) is 95.2 cm³/mol. The molecule has 1 heterocycles. The summed E-state index contributed by atoms with van der Waals surface area (Å²) in [5.74, 6) is -0.0795. The van der Waals surface area contributed by atoms with Gasteiger partial charge in [-0.15, -0.1) is 0 Å². The first-order valence-corrected chi connectivity index (χ1v) is 8.32. The summed E-state index contributed by atoms with van der Waals surface area (Å²) in [6.45, 7) is 1.37. The van der Waals surface area contributed by atoms with Crippen molar-refractivity contribution in [2.24, 2.45) is 0 Å². The van der Waals surface area contributed by atoms with Crippen LogP contribution in [0, 0.1) is 11.3 Å². The number of nitriles is 1. The maximum absolute atomic E-state index is 12.3. The van der Waals surface area contributed by atoms with Crippen LogP contribution < -0.4 is 5.32 Å². The second-order valence-corrected chi connectivity index (χ2v) is 6.28. The lowest BCUT2D eigenvalue weighted by atomic mass is 10.1. The van der Waals surface area contributed by atoms with Crippen LogP contribution in [0.5, 0.6) is 0 Å². The van der Waals surface area contributed by atoms with Crippen molar-refractivity contribution >= 4 is 29.1 Å². The van der Waals surface area contributed by atoms with E-state index in [0.717, 1.165) is 18.5 Å². The smallest absolute Gasteiger partial charge is 0.255 e. The van der Waals surface area contributed by atoms with E-state index >= 15 is 0 Å². The molecule has 126 valence electrons. The lowest BCUT2D eigenvalue weighted by Crippen LogP contribution is -2.23. The molecule has 0 bridgehead atoms. The summed E-state index contributed by atoms with van der Waals surface area (Å²) >= 11 is 5.97. The average molecular weight is 354 g/mol. The molecule has 0 atom stereocenters. The first-order chi connectivity index (χ1) is 12.1. The zero-order valence-corrected chi connectivity index (χ0v) is 14.2. The van der Waals surface area contributed by atoms with E-state index in [1.807, 2.05) is 23.1 Å². The highest BCUT2D eigenvalue weighted by Crippen LogP contribution is 2.21. The summed E-state index contributed by atoms with van der Waals surface area (Å²) in [6.07, 6.45) is 1.53. The first kappa shape index (κ1) is 17.0. The monoisotopic (exact) mass is 353 g/mol. The van der Waals surface area contributed by atoms with Gasteiger partial charge in [0, 0.05) is 30.8 Å². The van der Waals surface area contributed by atoms with E-state index < -0.39 is 0 Å². The molecule has 0 aliphatic carbocycles. The average Bonchev–Trinajstić information content (AvgIpc) is 3.00. The first-order valence-electron chi connectivity index (χ1n) is 7.94. The second-order valence-electron chi connectivity index (χ2n) is 5.88. The van der Waals surface area contributed by atoms with Gasteiger partial charge in [-0.1, -0.05) is 23.7 Å². The number of nitrogens with one attached hydrogen (secondary N) is 1. The van der Waals surface area contributed by atoms with Crippen molar-refractivity contribution in [2.45, 2.75) is 19.4 Å². The number of rotatable bonds is 4.